The minimum Gasteiger partial charge on any atom is -0.309 e. The molecule has 0 amide bonds. The smallest absolute Gasteiger partial charge is 0.0753 e. The number of hydrogen-bond acceptors (Lipinski definition) is 4. The fraction of sp³-hybridized carbons (Fsp3) is 0.714. The first kappa shape index (κ1) is 13.4. The van der Waals surface area contributed by atoms with Crippen molar-refractivity contribution in [3.8, 4) is 0 Å². The number of rotatable bonds is 5. The van der Waals surface area contributed by atoms with Crippen molar-refractivity contribution < 1.29 is 0 Å². The molecule has 0 aliphatic carbocycles. The van der Waals surface area contributed by atoms with Crippen LogP contribution in [-0.4, -0.2) is 41.0 Å². The first-order chi connectivity index (χ1) is 8.79. The Morgan fingerprint density at radius 3 is 2.78 bits per heavy atom. The molecule has 2 heterocycles. The van der Waals surface area contributed by atoms with Crippen LogP contribution in [-0.2, 0) is 0 Å². The van der Waals surface area contributed by atoms with Crippen LogP contribution in [0.1, 0.15) is 38.4 Å². The van der Waals surface area contributed by atoms with Crippen molar-refractivity contribution in [1.82, 2.24) is 20.2 Å². The molecule has 18 heavy (non-hydrogen) atoms. The summed E-state index contributed by atoms with van der Waals surface area (Å²) < 4.78 is 0. The lowest BCUT2D eigenvalue weighted by Crippen LogP contribution is -2.37. The van der Waals surface area contributed by atoms with E-state index in [0.29, 0.717) is 6.04 Å². The summed E-state index contributed by atoms with van der Waals surface area (Å²) in [6.07, 6.45) is 7.95. The number of nitrogens with one attached hydrogen (secondary N) is 1. The third-order valence-corrected chi connectivity index (χ3v) is 3.89. The quantitative estimate of drug-likeness (QED) is 0.863. The van der Waals surface area contributed by atoms with Crippen LogP contribution in [0.5, 0.6) is 0 Å². The van der Waals surface area contributed by atoms with Crippen LogP contribution in [0, 0.1) is 5.92 Å². The lowest BCUT2D eigenvalue weighted by molar-refractivity contribution is 0.188. The largest absolute Gasteiger partial charge is 0.309 e. The van der Waals surface area contributed by atoms with E-state index in [1.807, 2.05) is 6.20 Å². The van der Waals surface area contributed by atoms with Gasteiger partial charge in [-0.2, -0.15) is 0 Å². The maximum absolute atomic E-state index is 4.33. The van der Waals surface area contributed by atoms with E-state index in [9.17, 15) is 0 Å². The Hall–Kier alpha value is -1.00. The summed E-state index contributed by atoms with van der Waals surface area (Å²) in [5.41, 5.74) is 1.03. The number of likely N-dealkylation sites (tertiary alicyclic amines) is 1. The highest BCUT2D eigenvalue weighted by molar-refractivity contribution is 5.00. The van der Waals surface area contributed by atoms with Crippen LogP contribution < -0.4 is 5.32 Å². The van der Waals surface area contributed by atoms with Gasteiger partial charge in [0.2, 0.25) is 0 Å². The molecule has 1 aliphatic heterocycles. The second-order valence-corrected chi connectivity index (χ2v) is 5.14. The maximum atomic E-state index is 4.33. The summed E-state index contributed by atoms with van der Waals surface area (Å²) >= 11 is 0. The van der Waals surface area contributed by atoms with Crippen LogP contribution in [0.3, 0.4) is 0 Å². The summed E-state index contributed by atoms with van der Waals surface area (Å²) in [6.45, 7) is 9.19. The van der Waals surface area contributed by atoms with E-state index in [-0.39, 0.29) is 0 Å². The van der Waals surface area contributed by atoms with Crippen molar-refractivity contribution in [3.63, 3.8) is 0 Å². The minimum atomic E-state index is 0.294. The zero-order valence-electron chi connectivity index (χ0n) is 11.5. The Labute approximate surface area is 110 Å². The molecular formula is C14H24N4. The van der Waals surface area contributed by atoms with Crippen molar-refractivity contribution in [1.29, 1.82) is 0 Å². The topological polar surface area (TPSA) is 41.0 Å². The van der Waals surface area contributed by atoms with E-state index in [1.165, 1.54) is 32.5 Å². The van der Waals surface area contributed by atoms with Gasteiger partial charge in [0.1, 0.15) is 0 Å². The Kier molecular flexibility index (Phi) is 5.08. The molecule has 1 atom stereocenters. The van der Waals surface area contributed by atoms with Crippen molar-refractivity contribution in [2.75, 3.05) is 26.2 Å². The van der Waals surface area contributed by atoms with Crippen LogP contribution in [0.4, 0.5) is 0 Å². The van der Waals surface area contributed by atoms with Gasteiger partial charge in [0.15, 0.2) is 0 Å². The molecule has 1 aromatic rings. The fourth-order valence-corrected chi connectivity index (χ4v) is 2.49. The van der Waals surface area contributed by atoms with Crippen LogP contribution in [0.15, 0.2) is 18.6 Å². The molecule has 2 rings (SSSR count). The molecule has 1 aromatic heterocycles. The van der Waals surface area contributed by atoms with E-state index in [1.54, 1.807) is 12.4 Å². The molecule has 1 unspecified atom stereocenters. The summed E-state index contributed by atoms with van der Waals surface area (Å²) in [4.78, 5) is 11.0. The van der Waals surface area contributed by atoms with E-state index < -0.39 is 0 Å². The van der Waals surface area contributed by atoms with Gasteiger partial charge >= 0.3 is 0 Å². The predicted molar refractivity (Wildman–Crippen MR) is 73.3 cm³/mol. The van der Waals surface area contributed by atoms with E-state index in [2.05, 4.69) is 34.0 Å². The lowest BCUT2D eigenvalue weighted by atomic mass is 9.96. The number of piperidine rings is 1. The molecule has 1 aliphatic rings. The molecule has 0 bridgehead atoms. The fourth-order valence-electron chi connectivity index (χ4n) is 2.49. The standard InChI is InChI=1S/C14H24N4/c1-3-18-8-4-13(5-9-18)10-17-12(2)14-11-15-6-7-16-14/h6-7,11-13,17H,3-5,8-10H2,1-2H3. The van der Waals surface area contributed by atoms with Gasteiger partial charge in [-0.3, -0.25) is 9.97 Å². The molecule has 1 fully saturated rings. The Balaban J connectivity index is 1.72. The maximum Gasteiger partial charge on any atom is 0.0753 e. The monoisotopic (exact) mass is 248 g/mol. The van der Waals surface area contributed by atoms with Gasteiger partial charge in [-0.25, -0.2) is 0 Å². The summed E-state index contributed by atoms with van der Waals surface area (Å²) in [7, 11) is 0. The molecule has 1 saturated heterocycles. The van der Waals surface area contributed by atoms with Crippen molar-refractivity contribution in [2.24, 2.45) is 5.92 Å². The van der Waals surface area contributed by atoms with Crippen LogP contribution in [0.2, 0.25) is 0 Å². The van der Waals surface area contributed by atoms with E-state index in [0.717, 1.165) is 18.2 Å². The number of hydrogen-bond donors (Lipinski definition) is 1. The molecule has 0 aromatic carbocycles. The number of nitrogens with zero attached hydrogens (tertiary/aromatic N) is 3. The average Bonchev–Trinajstić information content (AvgIpc) is 2.46. The summed E-state index contributed by atoms with van der Waals surface area (Å²) in [6, 6.07) is 0.294. The van der Waals surface area contributed by atoms with Crippen molar-refractivity contribution in [3.05, 3.63) is 24.3 Å². The molecule has 0 saturated carbocycles. The van der Waals surface area contributed by atoms with Gasteiger partial charge in [-0.15, -0.1) is 0 Å². The van der Waals surface area contributed by atoms with Gasteiger partial charge in [0.25, 0.3) is 0 Å². The highest BCUT2D eigenvalue weighted by Crippen LogP contribution is 2.17. The zero-order chi connectivity index (χ0) is 12.8. The van der Waals surface area contributed by atoms with Gasteiger partial charge in [-0.05, 0) is 51.9 Å². The predicted octanol–water partition coefficient (Wildman–Crippen LogP) is 1.86. The van der Waals surface area contributed by atoms with E-state index >= 15 is 0 Å². The Morgan fingerprint density at radius 2 is 2.17 bits per heavy atom. The summed E-state index contributed by atoms with van der Waals surface area (Å²) in [5.74, 6) is 0.812. The average molecular weight is 248 g/mol. The second-order valence-electron chi connectivity index (χ2n) is 5.14. The van der Waals surface area contributed by atoms with Crippen LogP contribution >= 0.6 is 0 Å². The first-order valence-electron chi connectivity index (χ1n) is 7.01. The molecule has 4 heteroatoms. The van der Waals surface area contributed by atoms with E-state index in [4.69, 9.17) is 0 Å². The lowest BCUT2D eigenvalue weighted by Gasteiger charge is -2.31. The normalized spacial score (nSPS) is 19.9. The molecule has 4 nitrogen and oxygen atoms in total. The first-order valence-corrected chi connectivity index (χ1v) is 7.01. The molecule has 0 spiro atoms. The van der Waals surface area contributed by atoms with Gasteiger partial charge < -0.3 is 10.2 Å². The summed E-state index contributed by atoms with van der Waals surface area (Å²) in [5, 5.41) is 3.58. The Bertz CT molecular complexity index is 333. The highest BCUT2D eigenvalue weighted by atomic mass is 15.1. The molecule has 1 N–H and O–H groups in total. The van der Waals surface area contributed by atoms with Crippen molar-refractivity contribution in [2.45, 2.75) is 32.7 Å². The van der Waals surface area contributed by atoms with Crippen molar-refractivity contribution >= 4 is 0 Å². The molecular weight excluding hydrogens is 224 g/mol. The van der Waals surface area contributed by atoms with Crippen LogP contribution in [0.25, 0.3) is 0 Å². The van der Waals surface area contributed by atoms with Gasteiger partial charge in [-0.1, -0.05) is 6.92 Å². The zero-order valence-corrected chi connectivity index (χ0v) is 11.5. The third kappa shape index (κ3) is 3.75. The van der Waals surface area contributed by atoms with Gasteiger partial charge in [0, 0.05) is 24.6 Å². The second kappa shape index (κ2) is 6.81. The Morgan fingerprint density at radius 1 is 1.39 bits per heavy atom. The minimum absolute atomic E-state index is 0.294. The number of aromatic nitrogens is 2. The van der Waals surface area contributed by atoms with Gasteiger partial charge in [0.05, 0.1) is 5.69 Å². The molecule has 0 radical (unpaired) electrons. The third-order valence-electron chi connectivity index (χ3n) is 3.89. The molecule has 100 valence electrons. The SMILES string of the molecule is CCN1CCC(CNC(C)c2cnccn2)CC1. The highest BCUT2D eigenvalue weighted by Gasteiger charge is 2.18.